The summed E-state index contributed by atoms with van der Waals surface area (Å²) in [6, 6.07) is 3.60. The van der Waals surface area contributed by atoms with E-state index in [4.69, 9.17) is 11.5 Å². The summed E-state index contributed by atoms with van der Waals surface area (Å²) < 4.78 is 4.58. The smallest absolute Gasteiger partial charge is 0.405 e. The van der Waals surface area contributed by atoms with Crippen molar-refractivity contribution < 1.29 is 23.9 Å². The van der Waals surface area contributed by atoms with E-state index in [1.165, 1.54) is 19.3 Å². The third-order valence-electron chi connectivity index (χ3n) is 4.11. The summed E-state index contributed by atoms with van der Waals surface area (Å²) in [5.41, 5.74) is 10.1. The van der Waals surface area contributed by atoms with E-state index < -0.39 is 23.5 Å². The van der Waals surface area contributed by atoms with Crippen molar-refractivity contribution in [3.05, 3.63) is 23.9 Å². The molecule has 0 bridgehead atoms. The first kappa shape index (κ1) is 29.6. The Labute approximate surface area is 195 Å². The Bertz CT molecular complexity index is 768. The molecule has 0 unspecified atom stereocenters. The van der Waals surface area contributed by atoms with Crippen LogP contribution >= 0.6 is 0 Å². The van der Waals surface area contributed by atoms with Gasteiger partial charge >= 0.3 is 23.9 Å². The van der Waals surface area contributed by atoms with Crippen molar-refractivity contribution in [3.8, 4) is 0 Å². The predicted molar refractivity (Wildman–Crippen MR) is 126 cm³/mol. The second-order valence-corrected chi connectivity index (χ2v) is 8.48. The molecule has 1 aromatic heterocycles. The molecule has 2 rings (SSSR count). The van der Waals surface area contributed by atoms with Gasteiger partial charge in [-0.3, -0.25) is 9.59 Å². The van der Waals surface area contributed by atoms with Crippen molar-refractivity contribution in [3.63, 3.8) is 0 Å². The Morgan fingerprint density at radius 2 is 1.67 bits per heavy atom. The van der Waals surface area contributed by atoms with Gasteiger partial charge in [0.1, 0.15) is 11.4 Å². The molecule has 11 nitrogen and oxygen atoms in total. The molecule has 5 amide bonds. The van der Waals surface area contributed by atoms with Crippen molar-refractivity contribution in [1.29, 1.82) is 0 Å². The average Bonchev–Trinajstić information content (AvgIpc) is 2.73. The maximum absolute atomic E-state index is 11.3. The standard InChI is InChI=1S/C9H11N3O2.C8H16N2O.C5H11NO2/c1-2-6-3-4-7(11-5-6)12-9(14)8(10)13;1-9(2)8(11)10-6-4-3-5-7-10;1-5(2,3)8-4(6)7/h3-5H,2H2,1H3,(H2,10,13)(H,11,12,14);3-7H2,1-2H3;1-3H3,(H2,6,7). The zero-order valence-corrected chi connectivity index (χ0v) is 20.5. The molecular formula is C22H38N6O5. The number of aryl methyl sites for hydroxylation is 1. The second kappa shape index (κ2) is 14.6. The van der Waals surface area contributed by atoms with Gasteiger partial charge in [-0.05, 0) is 58.1 Å². The minimum atomic E-state index is -1.02. The number of nitrogens with zero attached hydrogens (tertiary/aromatic N) is 3. The van der Waals surface area contributed by atoms with E-state index in [-0.39, 0.29) is 6.03 Å². The lowest BCUT2D eigenvalue weighted by molar-refractivity contribution is -0.134. The maximum atomic E-state index is 11.3. The molecule has 11 heteroatoms. The SMILES string of the molecule is CC(C)(C)OC(N)=O.CCc1ccc(NC(=O)C(N)=O)nc1.CN(C)C(=O)N1CCCCC1. The Hall–Kier alpha value is -3.37. The lowest BCUT2D eigenvalue weighted by Crippen LogP contribution is -2.42. The summed E-state index contributed by atoms with van der Waals surface area (Å²) in [4.78, 5) is 50.1. The first-order valence-corrected chi connectivity index (χ1v) is 10.8. The number of likely N-dealkylation sites (tertiary alicyclic amines) is 1. The summed E-state index contributed by atoms with van der Waals surface area (Å²) in [7, 11) is 3.61. The van der Waals surface area contributed by atoms with Gasteiger partial charge < -0.3 is 31.3 Å². The number of primary amides is 2. The Kier molecular flexibility index (Phi) is 13.2. The highest BCUT2D eigenvalue weighted by Gasteiger charge is 2.17. The summed E-state index contributed by atoms with van der Waals surface area (Å²) in [5.74, 6) is -1.56. The summed E-state index contributed by atoms with van der Waals surface area (Å²) in [5, 5.41) is 2.27. The number of piperidine rings is 1. The van der Waals surface area contributed by atoms with E-state index in [0.29, 0.717) is 5.82 Å². The monoisotopic (exact) mass is 466 g/mol. The van der Waals surface area contributed by atoms with Gasteiger partial charge in [-0.15, -0.1) is 0 Å². The number of rotatable bonds is 2. The van der Waals surface area contributed by atoms with Crippen LogP contribution in [0.3, 0.4) is 0 Å². The van der Waals surface area contributed by atoms with Crippen molar-refractivity contribution in [2.75, 3.05) is 32.5 Å². The number of aromatic nitrogens is 1. The summed E-state index contributed by atoms with van der Waals surface area (Å²) in [6.07, 6.45) is 5.39. The van der Waals surface area contributed by atoms with E-state index in [1.807, 2.05) is 17.9 Å². The van der Waals surface area contributed by atoms with Crippen LogP contribution in [0, 0.1) is 0 Å². The zero-order chi connectivity index (χ0) is 25.6. The third-order valence-corrected chi connectivity index (χ3v) is 4.11. The summed E-state index contributed by atoms with van der Waals surface area (Å²) >= 11 is 0. The quantitative estimate of drug-likeness (QED) is 0.566. The molecule has 1 fully saturated rings. The molecule has 2 heterocycles. The van der Waals surface area contributed by atoms with Gasteiger partial charge in [0.05, 0.1) is 0 Å². The highest BCUT2D eigenvalue weighted by atomic mass is 16.6. The number of pyridine rings is 1. The fourth-order valence-electron chi connectivity index (χ4n) is 2.56. The van der Waals surface area contributed by atoms with E-state index in [2.05, 4.69) is 15.0 Å². The molecule has 1 aliphatic rings. The van der Waals surface area contributed by atoms with Crippen molar-refractivity contribution in [2.45, 2.75) is 59.0 Å². The molecule has 0 spiro atoms. The first-order chi connectivity index (χ1) is 15.3. The van der Waals surface area contributed by atoms with E-state index in [9.17, 15) is 19.2 Å². The van der Waals surface area contributed by atoms with Crippen molar-refractivity contribution in [1.82, 2.24) is 14.8 Å². The van der Waals surface area contributed by atoms with Crippen LogP contribution in [0.1, 0.15) is 52.5 Å². The number of urea groups is 1. The Morgan fingerprint density at radius 3 is 2.00 bits per heavy atom. The lowest BCUT2D eigenvalue weighted by Gasteiger charge is -2.29. The van der Waals surface area contributed by atoms with Gasteiger partial charge in [0, 0.05) is 33.4 Å². The van der Waals surface area contributed by atoms with Crippen LogP contribution in [0.4, 0.5) is 15.4 Å². The molecule has 0 atom stereocenters. The number of hydrogen-bond acceptors (Lipinski definition) is 6. The molecule has 1 aliphatic heterocycles. The van der Waals surface area contributed by atoms with Crippen LogP contribution in [0.15, 0.2) is 18.3 Å². The van der Waals surface area contributed by atoms with Crippen LogP contribution in [0.25, 0.3) is 0 Å². The molecule has 1 aromatic rings. The highest BCUT2D eigenvalue weighted by Crippen LogP contribution is 2.09. The van der Waals surface area contributed by atoms with Gasteiger partial charge in [0.25, 0.3) is 0 Å². The molecule has 0 aliphatic carbocycles. The number of carbonyl (C=O) groups excluding carboxylic acids is 4. The molecule has 0 saturated carbocycles. The fraction of sp³-hybridized carbons (Fsp3) is 0.591. The van der Waals surface area contributed by atoms with Crippen LogP contribution in [-0.2, 0) is 20.7 Å². The first-order valence-electron chi connectivity index (χ1n) is 10.8. The molecular weight excluding hydrogens is 428 g/mol. The fourth-order valence-corrected chi connectivity index (χ4v) is 2.56. The molecule has 5 N–H and O–H groups in total. The van der Waals surface area contributed by atoms with Gasteiger partial charge in [-0.25, -0.2) is 14.6 Å². The summed E-state index contributed by atoms with van der Waals surface area (Å²) in [6.45, 7) is 9.17. The number of ether oxygens (including phenoxy) is 1. The minimum absolute atomic E-state index is 0.157. The van der Waals surface area contributed by atoms with Gasteiger partial charge in [0.2, 0.25) is 0 Å². The molecule has 0 aromatic carbocycles. The van der Waals surface area contributed by atoms with Crippen LogP contribution in [0.5, 0.6) is 0 Å². The predicted octanol–water partition coefficient (Wildman–Crippen LogP) is 2.10. The molecule has 33 heavy (non-hydrogen) atoms. The van der Waals surface area contributed by atoms with Crippen LogP contribution in [-0.4, -0.2) is 71.5 Å². The van der Waals surface area contributed by atoms with E-state index >= 15 is 0 Å². The van der Waals surface area contributed by atoms with Crippen molar-refractivity contribution >= 4 is 29.8 Å². The topological polar surface area (TPSA) is 161 Å². The molecule has 0 radical (unpaired) electrons. The molecule has 1 saturated heterocycles. The van der Waals surface area contributed by atoms with E-state index in [0.717, 1.165) is 25.1 Å². The van der Waals surface area contributed by atoms with Crippen LogP contribution < -0.4 is 16.8 Å². The third kappa shape index (κ3) is 14.3. The number of nitrogens with two attached hydrogens (primary N) is 2. The number of anilines is 1. The van der Waals surface area contributed by atoms with E-state index in [1.54, 1.807) is 52.0 Å². The number of hydrogen-bond donors (Lipinski definition) is 3. The number of amides is 5. The normalized spacial score (nSPS) is 12.7. The second-order valence-electron chi connectivity index (χ2n) is 8.48. The van der Waals surface area contributed by atoms with Gasteiger partial charge in [-0.2, -0.15) is 0 Å². The molecule has 186 valence electrons. The maximum Gasteiger partial charge on any atom is 0.405 e. The largest absolute Gasteiger partial charge is 0.444 e. The van der Waals surface area contributed by atoms with Crippen LogP contribution in [0.2, 0.25) is 0 Å². The van der Waals surface area contributed by atoms with Gasteiger partial charge in [-0.1, -0.05) is 13.0 Å². The average molecular weight is 467 g/mol. The highest BCUT2D eigenvalue weighted by molar-refractivity contribution is 6.38. The lowest BCUT2D eigenvalue weighted by atomic mass is 10.1. The zero-order valence-electron chi connectivity index (χ0n) is 20.5. The van der Waals surface area contributed by atoms with Gasteiger partial charge in [0.15, 0.2) is 0 Å². The number of carbonyl (C=O) groups is 4. The number of nitrogens with one attached hydrogen (secondary N) is 1. The Morgan fingerprint density at radius 1 is 1.09 bits per heavy atom. The van der Waals surface area contributed by atoms with Crippen molar-refractivity contribution in [2.24, 2.45) is 11.5 Å². The Balaban J connectivity index is 0.000000485. The minimum Gasteiger partial charge on any atom is -0.444 e.